The van der Waals surface area contributed by atoms with Gasteiger partial charge >= 0.3 is 6.03 Å². The molecule has 25 heavy (non-hydrogen) atoms. The Kier molecular flexibility index (Phi) is 6.65. The summed E-state index contributed by atoms with van der Waals surface area (Å²) in [6.45, 7) is 2.52. The first-order valence-electron chi connectivity index (χ1n) is 7.83. The summed E-state index contributed by atoms with van der Waals surface area (Å²) in [6, 6.07) is 11.2. The number of carbonyl (C=O) groups excluding carboxylic acids is 2. The quantitative estimate of drug-likeness (QED) is 0.723. The van der Waals surface area contributed by atoms with Crippen molar-refractivity contribution in [3.63, 3.8) is 0 Å². The van der Waals surface area contributed by atoms with Crippen LogP contribution in [-0.4, -0.2) is 25.6 Å². The lowest BCUT2D eigenvalue weighted by molar-refractivity contribution is 0.0954. The largest absolute Gasteiger partial charge is 0.497 e. The van der Waals surface area contributed by atoms with Crippen LogP contribution in [0, 0.1) is 0 Å². The number of benzene rings is 2. The van der Waals surface area contributed by atoms with Crippen LogP contribution in [0.1, 0.15) is 23.7 Å². The molecule has 0 bridgehead atoms. The van der Waals surface area contributed by atoms with Crippen LogP contribution in [0.4, 0.5) is 16.2 Å². The highest BCUT2D eigenvalue weighted by Crippen LogP contribution is 2.23. The van der Waals surface area contributed by atoms with Gasteiger partial charge in [0.1, 0.15) is 5.75 Å². The lowest BCUT2D eigenvalue weighted by Crippen LogP contribution is -2.27. The fourth-order valence-corrected chi connectivity index (χ4v) is 2.33. The van der Waals surface area contributed by atoms with Crippen molar-refractivity contribution in [2.75, 3.05) is 24.3 Å². The highest BCUT2D eigenvalue weighted by molar-refractivity contribution is 6.30. The van der Waals surface area contributed by atoms with Gasteiger partial charge in [0.05, 0.1) is 18.4 Å². The standard InChI is InChI=1S/C18H20ClN3O3/c1-3-9-20-17(23)15-8-7-14(25-2)11-16(15)22-18(24)21-13-6-4-5-12(19)10-13/h4-8,10-11H,3,9H2,1-2H3,(H,20,23)(H2,21,22,24). The second-order valence-electron chi connectivity index (χ2n) is 5.26. The van der Waals surface area contributed by atoms with E-state index in [-0.39, 0.29) is 5.91 Å². The van der Waals surface area contributed by atoms with Crippen LogP contribution >= 0.6 is 11.6 Å². The Hall–Kier alpha value is -2.73. The van der Waals surface area contributed by atoms with Gasteiger partial charge in [-0.15, -0.1) is 0 Å². The van der Waals surface area contributed by atoms with Gasteiger partial charge in [-0.05, 0) is 36.8 Å². The minimum Gasteiger partial charge on any atom is -0.497 e. The first-order chi connectivity index (χ1) is 12.0. The molecule has 6 nitrogen and oxygen atoms in total. The SMILES string of the molecule is CCCNC(=O)c1ccc(OC)cc1NC(=O)Nc1cccc(Cl)c1. The Labute approximate surface area is 151 Å². The number of halogens is 1. The zero-order chi connectivity index (χ0) is 18.2. The molecule has 2 aromatic rings. The summed E-state index contributed by atoms with van der Waals surface area (Å²) in [5, 5.41) is 8.65. The van der Waals surface area contributed by atoms with Crippen LogP contribution in [0.2, 0.25) is 5.02 Å². The summed E-state index contributed by atoms with van der Waals surface area (Å²) in [6.07, 6.45) is 0.819. The molecule has 0 saturated carbocycles. The second-order valence-corrected chi connectivity index (χ2v) is 5.69. The van der Waals surface area contributed by atoms with Crippen molar-refractivity contribution in [3.05, 3.63) is 53.1 Å². The molecule has 2 rings (SSSR count). The van der Waals surface area contributed by atoms with Crippen molar-refractivity contribution in [2.45, 2.75) is 13.3 Å². The lowest BCUT2D eigenvalue weighted by Gasteiger charge is -2.13. The number of rotatable bonds is 6. The average Bonchev–Trinajstić information content (AvgIpc) is 2.59. The molecule has 0 aliphatic carbocycles. The third kappa shape index (κ3) is 5.39. The molecule has 0 spiro atoms. The molecule has 7 heteroatoms. The molecule has 132 valence electrons. The Morgan fingerprint density at radius 3 is 2.60 bits per heavy atom. The number of ether oxygens (including phenoxy) is 1. The third-order valence-electron chi connectivity index (χ3n) is 3.34. The Morgan fingerprint density at radius 1 is 1.12 bits per heavy atom. The monoisotopic (exact) mass is 361 g/mol. The summed E-state index contributed by atoms with van der Waals surface area (Å²) in [5.41, 5.74) is 1.26. The van der Waals surface area contributed by atoms with Gasteiger partial charge in [-0.1, -0.05) is 24.6 Å². The van der Waals surface area contributed by atoms with E-state index in [1.165, 1.54) is 7.11 Å². The molecule has 0 unspecified atom stereocenters. The smallest absolute Gasteiger partial charge is 0.323 e. The van der Waals surface area contributed by atoms with Gasteiger partial charge in [0, 0.05) is 23.3 Å². The van der Waals surface area contributed by atoms with Gasteiger partial charge in [-0.2, -0.15) is 0 Å². The fraction of sp³-hybridized carbons (Fsp3) is 0.222. The number of methoxy groups -OCH3 is 1. The molecule has 0 heterocycles. The maximum atomic E-state index is 12.3. The van der Waals surface area contributed by atoms with E-state index in [0.717, 1.165) is 6.42 Å². The van der Waals surface area contributed by atoms with Crippen LogP contribution in [0.5, 0.6) is 5.75 Å². The molecule has 2 aromatic carbocycles. The molecule has 3 amide bonds. The third-order valence-corrected chi connectivity index (χ3v) is 3.57. The summed E-state index contributed by atoms with van der Waals surface area (Å²) < 4.78 is 5.17. The molecule has 0 aliphatic rings. The molecule has 0 fully saturated rings. The van der Waals surface area contributed by atoms with Crippen molar-refractivity contribution in [3.8, 4) is 5.75 Å². The maximum absolute atomic E-state index is 12.3. The highest BCUT2D eigenvalue weighted by Gasteiger charge is 2.14. The number of anilines is 2. The minimum absolute atomic E-state index is 0.262. The first kappa shape index (κ1) is 18.6. The zero-order valence-corrected chi connectivity index (χ0v) is 14.8. The minimum atomic E-state index is -0.486. The van der Waals surface area contributed by atoms with E-state index < -0.39 is 6.03 Å². The molecule has 3 N–H and O–H groups in total. The number of nitrogens with one attached hydrogen (secondary N) is 3. The van der Waals surface area contributed by atoms with Crippen molar-refractivity contribution < 1.29 is 14.3 Å². The summed E-state index contributed by atoms with van der Waals surface area (Å²) in [5.74, 6) is 0.271. The summed E-state index contributed by atoms with van der Waals surface area (Å²) >= 11 is 5.90. The molecular weight excluding hydrogens is 342 g/mol. The summed E-state index contributed by atoms with van der Waals surface area (Å²) in [7, 11) is 1.52. The van der Waals surface area contributed by atoms with E-state index in [9.17, 15) is 9.59 Å². The Morgan fingerprint density at radius 2 is 1.92 bits per heavy atom. The van der Waals surface area contributed by atoms with Crippen LogP contribution in [0.15, 0.2) is 42.5 Å². The number of hydrogen-bond donors (Lipinski definition) is 3. The molecule has 0 atom stereocenters. The number of hydrogen-bond acceptors (Lipinski definition) is 3. The van der Waals surface area contributed by atoms with Crippen molar-refractivity contribution in [1.82, 2.24) is 5.32 Å². The van der Waals surface area contributed by atoms with Gasteiger partial charge in [0.2, 0.25) is 0 Å². The van der Waals surface area contributed by atoms with Crippen LogP contribution < -0.4 is 20.7 Å². The normalized spacial score (nSPS) is 10.0. The average molecular weight is 362 g/mol. The van der Waals surface area contributed by atoms with Gasteiger partial charge in [-0.3, -0.25) is 4.79 Å². The Balaban J connectivity index is 2.18. The molecule has 0 aliphatic heterocycles. The number of urea groups is 1. The molecule has 0 radical (unpaired) electrons. The topological polar surface area (TPSA) is 79.5 Å². The first-order valence-corrected chi connectivity index (χ1v) is 8.21. The molecule has 0 aromatic heterocycles. The van der Waals surface area contributed by atoms with E-state index in [0.29, 0.717) is 34.3 Å². The van der Waals surface area contributed by atoms with Crippen LogP contribution in [0.3, 0.4) is 0 Å². The van der Waals surface area contributed by atoms with E-state index in [1.54, 1.807) is 42.5 Å². The van der Waals surface area contributed by atoms with E-state index in [2.05, 4.69) is 16.0 Å². The van der Waals surface area contributed by atoms with Gasteiger partial charge in [0.25, 0.3) is 5.91 Å². The van der Waals surface area contributed by atoms with Crippen molar-refractivity contribution in [1.29, 1.82) is 0 Å². The van der Waals surface area contributed by atoms with Gasteiger partial charge in [0.15, 0.2) is 0 Å². The predicted molar refractivity (Wildman–Crippen MR) is 99.7 cm³/mol. The van der Waals surface area contributed by atoms with Crippen LogP contribution in [-0.2, 0) is 0 Å². The second kappa shape index (κ2) is 8.94. The van der Waals surface area contributed by atoms with Crippen molar-refractivity contribution >= 4 is 34.9 Å². The maximum Gasteiger partial charge on any atom is 0.323 e. The van der Waals surface area contributed by atoms with E-state index in [1.807, 2.05) is 6.92 Å². The Bertz CT molecular complexity index is 765. The van der Waals surface area contributed by atoms with Crippen molar-refractivity contribution in [2.24, 2.45) is 0 Å². The fourth-order valence-electron chi connectivity index (χ4n) is 2.14. The zero-order valence-electron chi connectivity index (χ0n) is 14.1. The highest BCUT2D eigenvalue weighted by atomic mass is 35.5. The van der Waals surface area contributed by atoms with Gasteiger partial charge < -0.3 is 20.7 Å². The molecule has 0 saturated heterocycles. The van der Waals surface area contributed by atoms with E-state index >= 15 is 0 Å². The predicted octanol–water partition coefficient (Wildman–Crippen LogP) is 4.13. The van der Waals surface area contributed by atoms with Gasteiger partial charge in [-0.25, -0.2) is 4.79 Å². The number of carbonyl (C=O) groups is 2. The van der Waals surface area contributed by atoms with E-state index in [4.69, 9.17) is 16.3 Å². The molecular formula is C18H20ClN3O3. The summed E-state index contributed by atoms with van der Waals surface area (Å²) in [4.78, 5) is 24.5. The number of amides is 3. The van der Waals surface area contributed by atoms with Crippen LogP contribution in [0.25, 0.3) is 0 Å². The lowest BCUT2D eigenvalue weighted by atomic mass is 10.1.